The van der Waals surface area contributed by atoms with Crippen LogP contribution in [-0.4, -0.2) is 23.5 Å². The molecule has 1 aliphatic heterocycles. The van der Waals surface area contributed by atoms with E-state index in [4.69, 9.17) is 0 Å². The minimum Gasteiger partial charge on any atom is -0.356 e. The van der Waals surface area contributed by atoms with E-state index in [1.807, 2.05) is 7.05 Å². The number of rotatable bonds is 0. The molecule has 4 heteroatoms. The number of likely N-dealkylation sites (N-methyl/N-ethyl adjacent to an activating group) is 1. The first-order valence-electron chi connectivity index (χ1n) is 5.33. The van der Waals surface area contributed by atoms with Gasteiger partial charge in [-0.15, -0.1) is 0 Å². The van der Waals surface area contributed by atoms with Crippen molar-refractivity contribution in [3.63, 3.8) is 0 Å². The van der Waals surface area contributed by atoms with E-state index >= 15 is 0 Å². The molecule has 0 radical (unpaired) electrons. The molecule has 0 fully saturated rings. The zero-order chi connectivity index (χ0) is 11.3. The largest absolute Gasteiger partial charge is 0.356 e. The van der Waals surface area contributed by atoms with Gasteiger partial charge in [-0.05, 0) is 24.7 Å². The Hall–Kier alpha value is -1.42. The van der Waals surface area contributed by atoms with Crippen LogP contribution in [0.5, 0.6) is 0 Å². The molecule has 1 aliphatic rings. The van der Waals surface area contributed by atoms with Crippen LogP contribution in [0.25, 0.3) is 10.9 Å². The summed E-state index contributed by atoms with van der Waals surface area (Å²) in [6, 6.07) is 2.36. The third kappa shape index (κ3) is 1.26. The molecule has 1 N–H and O–H groups in total. The quantitative estimate of drug-likeness (QED) is 0.725. The average Bonchev–Trinajstić information content (AvgIpc) is 2.63. The van der Waals surface area contributed by atoms with E-state index < -0.39 is 0 Å². The van der Waals surface area contributed by atoms with Gasteiger partial charge in [0, 0.05) is 30.6 Å². The summed E-state index contributed by atoms with van der Waals surface area (Å²) < 4.78 is 27.2. The summed E-state index contributed by atoms with van der Waals surface area (Å²) in [7, 11) is 1.99. The lowest BCUT2D eigenvalue weighted by Gasteiger charge is -2.22. The molecule has 16 heavy (non-hydrogen) atoms. The van der Waals surface area contributed by atoms with E-state index in [0.717, 1.165) is 24.2 Å². The number of nitrogens with zero attached hydrogens (tertiary/aromatic N) is 1. The van der Waals surface area contributed by atoms with Gasteiger partial charge in [0.25, 0.3) is 0 Å². The number of hydrogen-bond donors (Lipinski definition) is 1. The summed E-state index contributed by atoms with van der Waals surface area (Å²) in [6.45, 7) is 1.60. The first-order chi connectivity index (χ1) is 7.66. The molecule has 0 saturated heterocycles. The Balaban J connectivity index is 2.34. The van der Waals surface area contributed by atoms with Gasteiger partial charge in [0.05, 0.1) is 5.52 Å². The third-order valence-corrected chi connectivity index (χ3v) is 3.22. The van der Waals surface area contributed by atoms with Crippen LogP contribution in [0.4, 0.5) is 8.78 Å². The number of halogens is 2. The fraction of sp³-hybridized carbons (Fsp3) is 0.333. The number of nitrogens with one attached hydrogen (secondary N) is 1. The monoisotopic (exact) mass is 222 g/mol. The van der Waals surface area contributed by atoms with Crippen LogP contribution in [0.3, 0.4) is 0 Å². The Bertz CT molecular complexity index is 560. The molecule has 0 saturated carbocycles. The van der Waals surface area contributed by atoms with Crippen molar-refractivity contribution in [2.45, 2.75) is 13.0 Å². The molecule has 2 heterocycles. The van der Waals surface area contributed by atoms with Crippen LogP contribution < -0.4 is 0 Å². The molecule has 0 spiro atoms. The van der Waals surface area contributed by atoms with Crippen molar-refractivity contribution in [1.29, 1.82) is 0 Å². The normalized spacial score (nSPS) is 16.7. The Morgan fingerprint density at radius 2 is 2.00 bits per heavy atom. The lowest BCUT2D eigenvalue weighted by atomic mass is 10.0. The van der Waals surface area contributed by atoms with Crippen LogP contribution in [-0.2, 0) is 13.0 Å². The molecule has 0 aliphatic carbocycles. The zero-order valence-electron chi connectivity index (χ0n) is 8.98. The van der Waals surface area contributed by atoms with Crippen molar-refractivity contribution >= 4 is 10.9 Å². The number of hydrogen-bond acceptors (Lipinski definition) is 1. The van der Waals surface area contributed by atoms with Gasteiger partial charge in [-0.25, -0.2) is 8.78 Å². The molecule has 3 rings (SSSR count). The van der Waals surface area contributed by atoms with Crippen molar-refractivity contribution in [1.82, 2.24) is 9.88 Å². The van der Waals surface area contributed by atoms with Crippen LogP contribution in [0.2, 0.25) is 0 Å². The maximum Gasteiger partial charge on any atom is 0.147 e. The van der Waals surface area contributed by atoms with Crippen LogP contribution in [0.1, 0.15) is 11.3 Å². The van der Waals surface area contributed by atoms with Gasteiger partial charge in [-0.2, -0.15) is 0 Å². The Morgan fingerprint density at radius 3 is 2.81 bits per heavy atom. The van der Waals surface area contributed by atoms with E-state index in [1.54, 1.807) is 0 Å². The van der Waals surface area contributed by atoms with E-state index in [1.165, 1.54) is 12.1 Å². The number of aromatic nitrogens is 1. The Morgan fingerprint density at radius 1 is 1.25 bits per heavy atom. The molecule has 84 valence electrons. The number of aromatic amines is 1. The second-order valence-electron chi connectivity index (χ2n) is 4.35. The molecular formula is C12H12F2N2. The van der Waals surface area contributed by atoms with Crippen molar-refractivity contribution in [3.05, 3.63) is 35.0 Å². The highest BCUT2D eigenvalue weighted by Gasteiger charge is 2.21. The molecule has 1 aromatic carbocycles. The summed E-state index contributed by atoms with van der Waals surface area (Å²) in [4.78, 5) is 5.12. The Kier molecular flexibility index (Phi) is 2.01. The third-order valence-electron chi connectivity index (χ3n) is 3.22. The van der Waals surface area contributed by atoms with Gasteiger partial charge >= 0.3 is 0 Å². The summed E-state index contributed by atoms with van der Waals surface area (Å²) >= 11 is 0. The predicted octanol–water partition coefficient (Wildman–Crippen LogP) is 2.43. The lowest BCUT2D eigenvalue weighted by molar-refractivity contribution is 0.312. The molecule has 2 aromatic rings. The fourth-order valence-electron chi connectivity index (χ4n) is 2.39. The molecule has 0 unspecified atom stereocenters. The van der Waals surface area contributed by atoms with Crippen LogP contribution in [0, 0.1) is 11.6 Å². The maximum absolute atomic E-state index is 13.7. The van der Waals surface area contributed by atoms with E-state index in [9.17, 15) is 8.78 Å². The maximum atomic E-state index is 13.7. The molecule has 0 atom stereocenters. The highest BCUT2D eigenvalue weighted by Crippen LogP contribution is 2.30. The molecule has 2 nitrogen and oxygen atoms in total. The average molecular weight is 222 g/mol. The van der Waals surface area contributed by atoms with Gasteiger partial charge in [-0.1, -0.05) is 0 Å². The van der Waals surface area contributed by atoms with Crippen molar-refractivity contribution in [3.8, 4) is 0 Å². The second-order valence-corrected chi connectivity index (χ2v) is 4.35. The van der Waals surface area contributed by atoms with Crippen LogP contribution in [0.15, 0.2) is 12.1 Å². The second kappa shape index (κ2) is 3.28. The summed E-state index contributed by atoms with van der Waals surface area (Å²) in [5.74, 6) is -0.724. The first-order valence-corrected chi connectivity index (χ1v) is 5.33. The molecule has 0 amide bonds. The fourth-order valence-corrected chi connectivity index (χ4v) is 2.39. The standard InChI is InChI=1S/C12H12F2N2/c1-16-5-4-10-7(6-16)11-8(13)2-3-9(14)12(11)15-10/h2-3,15H,4-6H2,1H3. The topological polar surface area (TPSA) is 19.0 Å². The number of benzene rings is 1. The van der Waals surface area contributed by atoms with Gasteiger partial charge in [-0.3, -0.25) is 0 Å². The number of H-pyrrole nitrogens is 1. The predicted molar refractivity (Wildman–Crippen MR) is 58.3 cm³/mol. The van der Waals surface area contributed by atoms with Crippen molar-refractivity contribution < 1.29 is 8.78 Å². The van der Waals surface area contributed by atoms with Gasteiger partial charge in [0.2, 0.25) is 0 Å². The minimum atomic E-state index is -0.381. The lowest BCUT2D eigenvalue weighted by Crippen LogP contribution is -2.26. The SMILES string of the molecule is CN1CCc2[nH]c3c(F)ccc(F)c3c2C1. The highest BCUT2D eigenvalue weighted by atomic mass is 19.1. The molecule has 1 aromatic heterocycles. The van der Waals surface area contributed by atoms with E-state index in [2.05, 4.69) is 9.88 Å². The Labute approximate surface area is 91.9 Å². The zero-order valence-corrected chi connectivity index (χ0v) is 8.98. The number of fused-ring (bicyclic) bond motifs is 3. The van der Waals surface area contributed by atoms with Gasteiger partial charge in [0.1, 0.15) is 11.6 Å². The highest BCUT2D eigenvalue weighted by molar-refractivity contribution is 5.86. The van der Waals surface area contributed by atoms with Crippen LogP contribution >= 0.6 is 0 Å². The van der Waals surface area contributed by atoms with Crippen molar-refractivity contribution in [2.24, 2.45) is 0 Å². The smallest absolute Gasteiger partial charge is 0.147 e. The van der Waals surface area contributed by atoms with E-state index in [-0.39, 0.29) is 11.6 Å². The van der Waals surface area contributed by atoms with Crippen molar-refractivity contribution in [2.75, 3.05) is 13.6 Å². The summed E-state index contributed by atoms with van der Waals surface area (Å²) in [5, 5.41) is 0.418. The summed E-state index contributed by atoms with van der Waals surface area (Å²) in [5.41, 5.74) is 2.18. The summed E-state index contributed by atoms with van der Waals surface area (Å²) in [6.07, 6.45) is 0.819. The molecular weight excluding hydrogens is 210 g/mol. The minimum absolute atomic E-state index is 0.306. The van der Waals surface area contributed by atoms with Gasteiger partial charge < -0.3 is 9.88 Å². The van der Waals surface area contributed by atoms with Gasteiger partial charge in [0.15, 0.2) is 0 Å². The first kappa shape index (κ1) is 9.78. The molecule has 0 bridgehead atoms. The van der Waals surface area contributed by atoms with E-state index in [0.29, 0.717) is 17.4 Å².